The highest BCUT2D eigenvalue weighted by Crippen LogP contribution is 2.24. The van der Waals surface area contributed by atoms with E-state index in [2.05, 4.69) is 34.2 Å². The molecule has 0 radical (unpaired) electrons. The lowest BCUT2D eigenvalue weighted by atomic mass is 9.90. The van der Waals surface area contributed by atoms with Crippen LogP contribution in [-0.2, 0) is 0 Å². The molecule has 0 aromatic carbocycles. The van der Waals surface area contributed by atoms with Gasteiger partial charge >= 0.3 is 0 Å². The molecular weight excluding hydrogens is 224 g/mol. The number of anilines is 1. The zero-order valence-electron chi connectivity index (χ0n) is 11.7. The Morgan fingerprint density at radius 1 is 1.22 bits per heavy atom. The fourth-order valence-corrected chi connectivity index (χ4v) is 2.69. The molecule has 0 aliphatic heterocycles. The van der Waals surface area contributed by atoms with E-state index in [1.807, 2.05) is 19.3 Å². The monoisotopic (exact) mass is 248 g/mol. The first kappa shape index (κ1) is 13.3. The maximum absolute atomic E-state index is 4.41. The molecule has 18 heavy (non-hydrogen) atoms. The van der Waals surface area contributed by atoms with Crippen LogP contribution in [0.2, 0.25) is 0 Å². The van der Waals surface area contributed by atoms with Gasteiger partial charge in [0.15, 0.2) is 0 Å². The molecule has 1 fully saturated rings. The predicted octanol–water partition coefficient (Wildman–Crippen LogP) is 2.14. The van der Waals surface area contributed by atoms with Gasteiger partial charge in [0.05, 0.1) is 0 Å². The summed E-state index contributed by atoms with van der Waals surface area (Å²) in [5.41, 5.74) is 1.11. The van der Waals surface area contributed by atoms with E-state index in [9.17, 15) is 0 Å². The number of aromatic nitrogens is 2. The molecule has 0 amide bonds. The molecule has 1 aliphatic rings. The van der Waals surface area contributed by atoms with Gasteiger partial charge in [-0.3, -0.25) is 0 Å². The average molecular weight is 248 g/mol. The lowest BCUT2D eigenvalue weighted by Gasteiger charge is -2.34. The molecule has 0 bridgehead atoms. The van der Waals surface area contributed by atoms with E-state index in [4.69, 9.17) is 0 Å². The number of aryl methyl sites for hydroxylation is 1. The molecule has 1 heterocycles. The van der Waals surface area contributed by atoms with Crippen LogP contribution >= 0.6 is 0 Å². The summed E-state index contributed by atoms with van der Waals surface area (Å²) in [6, 6.07) is 1.29. The van der Waals surface area contributed by atoms with E-state index in [1.54, 1.807) is 0 Å². The summed E-state index contributed by atoms with van der Waals surface area (Å²) in [6.07, 6.45) is 8.76. The largest absolute Gasteiger partial charge is 0.341 e. The SMILES string of the molecule is CCNC1CCC(N(C)c2ncc(C)cn2)CC1. The van der Waals surface area contributed by atoms with Gasteiger partial charge in [0.2, 0.25) is 5.95 Å². The minimum Gasteiger partial charge on any atom is -0.341 e. The first-order chi connectivity index (χ1) is 8.70. The van der Waals surface area contributed by atoms with Gasteiger partial charge in [0.25, 0.3) is 0 Å². The summed E-state index contributed by atoms with van der Waals surface area (Å²) in [6.45, 7) is 5.27. The third-order valence-corrected chi connectivity index (χ3v) is 3.82. The van der Waals surface area contributed by atoms with Crippen molar-refractivity contribution in [2.75, 3.05) is 18.5 Å². The van der Waals surface area contributed by atoms with Gasteiger partial charge in [-0.05, 0) is 44.7 Å². The average Bonchev–Trinajstić information content (AvgIpc) is 2.40. The molecule has 1 aliphatic carbocycles. The maximum Gasteiger partial charge on any atom is 0.225 e. The summed E-state index contributed by atoms with van der Waals surface area (Å²) >= 11 is 0. The number of nitrogens with one attached hydrogen (secondary N) is 1. The van der Waals surface area contributed by atoms with Gasteiger partial charge in [-0.25, -0.2) is 9.97 Å². The Hall–Kier alpha value is -1.16. The summed E-state index contributed by atoms with van der Waals surface area (Å²) in [7, 11) is 2.11. The van der Waals surface area contributed by atoms with Crippen molar-refractivity contribution >= 4 is 5.95 Å². The van der Waals surface area contributed by atoms with Gasteiger partial charge in [-0.15, -0.1) is 0 Å². The van der Waals surface area contributed by atoms with Gasteiger partial charge in [0.1, 0.15) is 0 Å². The molecular formula is C14H24N4. The zero-order chi connectivity index (χ0) is 13.0. The van der Waals surface area contributed by atoms with E-state index in [0.717, 1.165) is 18.1 Å². The maximum atomic E-state index is 4.41. The lowest BCUT2D eigenvalue weighted by molar-refractivity contribution is 0.340. The fourth-order valence-electron chi connectivity index (χ4n) is 2.69. The Balaban J connectivity index is 1.91. The molecule has 1 saturated carbocycles. The van der Waals surface area contributed by atoms with Crippen molar-refractivity contribution in [2.45, 2.75) is 51.6 Å². The van der Waals surface area contributed by atoms with Crippen molar-refractivity contribution in [2.24, 2.45) is 0 Å². The minimum absolute atomic E-state index is 0.586. The molecule has 0 unspecified atom stereocenters. The van der Waals surface area contributed by atoms with Crippen molar-refractivity contribution in [3.63, 3.8) is 0 Å². The highest BCUT2D eigenvalue weighted by Gasteiger charge is 2.24. The standard InChI is InChI=1S/C14H24N4/c1-4-15-12-5-7-13(8-6-12)18(3)14-16-9-11(2)10-17-14/h9-10,12-13,15H,4-8H2,1-3H3. The number of hydrogen-bond acceptors (Lipinski definition) is 4. The van der Waals surface area contributed by atoms with Crippen LogP contribution in [0.25, 0.3) is 0 Å². The molecule has 4 heteroatoms. The van der Waals surface area contributed by atoms with Crippen molar-refractivity contribution in [1.29, 1.82) is 0 Å². The molecule has 4 nitrogen and oxygen atoms in total. The summed E-state index contributed by atoms with van der Waals surface area (Å²) in [5, 5.41) is 3.54. The zero-order valence-corrected chi connectivity index (χ0v) is 11.7. The molecule has 0 spiro atoms. The van der Waals surface area contributed by atoms with Crippen LogP contribution in [0.5, 0.6) is 0 Å². The quantitative estimate of drug-likeness (QED) is 0.886. The van der Waals surface area contributed by atoms with E-state index >= 15 is 0 Å². The molecule has 2 rings (SSSR count). The van der Waals surface area contributed by atoms with E-state index in [0.29, 0.717) is 12.1 Å². The fraction of sp³-hybridized carbons (Fsp3) is 0.714. The van der Waals surface area contributed by atoms with Crippen molar-refractivity contribution in [1.82, 2.24) is 15.3 Å². The molecule has 0 saturated heterocycles. The number of rotatable bonds is 4. The lowest BCUT2D eigenvalue weighted by Crippen LogP contribution is -2.41. The molecule has 1 aromatic rings. The Labute approximate surface area is 110 Å². The van der Waals surface area contributed by atoms with E-state index in [-0.39, 0.29) is 0 Å². The van der Waals surface area contributed by atoms with E-state index in [1.165, 1.54) is 25.7 Å². The second kappa shape index (κ2) is 6.14. The topological polar surface area (TPSA) is 41.0 Å². The minimum atomic E-state index is 0.586. The van der Waals surface area contributed by atoms with Crippen LogP contribution in [-0.4, -0.2) is 35.6 Å². The van der Waals surface area contributed by atoms with Gasteiger partial charge < -0.3 is 10.2 Å². The number of nitrogens with zero attached hydrogens (tertiary/aromatic N) is 3. The summed E-state index contributed by atoms with van der Waals surface area (Å²) in [5.74, 6) is 0.854. The van der Waals surface area contributed by atoms with Crippen LogP contribution in [0.4, 0.5) is 5.95 Å². The van der Waals surface area contributed by atoms with Crippen LogP contribution in [0.1, 0.15) is 38.2 Å². The van der Waals surface area contributed by atoms with Gasteiger partial charge in [0, 0.05) is 31.5 Å². The first-order valence-electron chi connectivity index (χ1n) is 6.95. The third kappa shape index (κ3) is 3.19. The van der Waals surface area contributed by atoms with Crippen molar-refractivity contribution in [3.8, 4) is 0 Å². The normalized spacial score (nSPS) is 23.9. The van der Waals surface area contributed by atoms with Crippen LogP contribution in [0, 0.1) is 6.92 Å². The highest BCUT2D eigenvalue weighted by molar-refractivity contribution is 5.30. The van der Waals surface area contributed by atoms with Crippen LogP contribution in [0.15, 0.2) is 12.4 Å². The molecule has 1 aromatic heterocycles. The summed E-state index contributed by atoms with van der Waals surface area (Å²) < 4.78 is 0. The van der Waals surface area contributed by atoms with E-state index < -0.39 is 0 Å². The van der Waals surface area contributed by atoms with Crippen molar-refractivity contribution < 1.29 is 0 Å². The second-order valence-corrected chi connectivity index (χ2v) is 5.23. The van der Waals surface area contributed by atoms with Crippen LogP contribution < -0.4 is 10.2 Å². The Kier molecular flexibility index (Phi) is 4.53. The highest BCUT2D eigenvalue weighted by atomic mass is 15.2. The van der Waals surface area contributed by atoms with Gasteiger partial charge in [-0.1, -0.05) is 6.92 Å². The first-order valence-corrected chi connectivity index (χ1v) is 6.95. The van der Waals surface area contributed by atoms with Crippen molar-refractivity contribution in [3.05, 3.63) is 18.0 Å². The Morgan fingerprint density at radius 2 is 1.83 bits per heavy atom. The Morgan fingerprint density at radius 3 is 2.39 bits per heavy atom. The van der Waals surface area contributed by atoms with Gasteiger partial charge in [-0.2, -0.15) is 0 Å². The molecule has 100 valence electrons. The molecule has 0 atom stereocenters. The summed E-state index contributed by atoms with van der Waals surface area (Å²) in [4.78, 5) is 11.1. The number of hydrogen-bond donors (Lipinski definition) is 1. The molecule has 1 N–H and O–H groups in total. The second-order valence-electron chi connectivity index (χ2n) is 5.23. The third-order valence-electron chi connectivity index (χ3n) is 3.82. The smallest absolute Gasteiger partial charge is 0.225 e. The Bertz CT molecular complexity index is 355. The van der Waals surface area contributed by atoms with Crippen LogP contribution in [0.3, 0.4) is 0 Å². The predicted molar refractivity (Wildman–Crippen MR) is 74.9 cm³/mol.